The number of ether oxygens (including phenoxy) is 1. The Morgan fingerprint density at radius 3 is 2.40 bits per heavy atom. The highest BCUT2D eigenvalue weighted by Gasteiger charge is 2.17. The van der Waals surface area contributed by atoms with Crippen molar-refractivity contribution >= 4 is 32.7 Å². The van der Waals surface area contributed by atoms with Gasteiger partial charge in [0.1, 0.15) is 24.3 Å². The number of aliphatic hydroxyl groups is 1. The van der Waals surface area contributed by atoms with Crippen LogP contribution in [0.3, 0.4) is 0 Å². The third-order valence-electron chi connectivity index (χ3n) is 6.21. The van der Waals surface area contributed by atoms with Crippen LogP contribution >= 0.6 is 0 Å². The second-order valence-corrected chi connectivity index (χ2v) is 8.55. The van der Waals surface area contributed by atoms with Crippen molar-refractivity contribution in [1.29, 1.82) is 0 Å². The first-order chi connectivity index (χ1) is 17.2. The van der Waals surface area contributed by atoms with Crippen LogP contribution in [-0.4, -0.2) is 32.4 Å². The second kappa shape index (κ2) is 8.74. The molecule has 0 bridgehead atoms. The molecule has 6 rings (SSSR count). The number of hydrogen-bond donors (Lipinski definition) is 2. The van der Waals surface area contributed by atoms with Gasteiger partial charge < -0.3 is 14.8 Å². The minimum absolute atomic E-state index is 0.0338. The summed E-state index contributed by atoms with van der Waals surface area (Å²) in [4.78, 5) is 21.5. The van der Waals surface area contributed by atoms with Crippen molar-refractivity contribution in [3.05, 3.63) is 107 Å². The monoisotopic (exact) mass is 461 g/mol. The first-order valence-electron chi connectivity index (χ1n) is 11.5. The minimum atomic E-state index is -0.918. The van der Waals surface area contributed by atoms with E-state index < -0.39 is 6.10 Å². The van der Waals surface area contributed by atoms with E-state index in [0.29, 0.717) is 22.5 Å². The van der Waals surface area contributed by atoms with E-state index in [4.69, 9.17) is 9.72 Å². The van der Waals surface area contributed by atoms with Crippen LogP contribution in [0.25, 0.3) is 44.1 Å². The number of nitrogens with zero attached hydrogens (tertiary/aromatic N) is 2. The molecule has 4 aromatic carbocycles. The molecule has 172 valence electrons. The Bertz CT molecular complexity index is 1720. The molecule has 0 amide bonds. The SMILES string of the molecule is O=c1c2ccccc2nc(-c2ccccc2)n1CC(O)COc1cccc2[nH]c3ccccc3c12. The van der Waals surface area contributed by atoms with Gasteiger partial charge in [-0.25, -0.2) is 4.98 Å². The number of para-hydroxylation sites is 2. The molecule has 2 heterocycles. The number of fused-ring (bicyclic) bond motifs is 4. The van der Waals surface area contributed by atoms with Gasteiger partial charge in [-0.3, -0.25) is 9.36 Å². The zero-order chi connectivity index (χ0) is 23.8. The first kappa shape index (κ1) is 21.1. The fraction of sp³-hybridized carbons (Fsp3) is 0.103. The number of aliphatic hydroxyl groups excluding tert-OH is 1. The van der Waals surface area contributed by atoms with Crippen molar-refractivity contribution in [3.63, 3.8) is 0 Å². The average Bonchev–Trinajstić information content (AvgIpc) is 3.29. The second-order valence-electron chi connectivity index (χ2n) is 8.55. The standard InChI is InChI=1S/C29H23N3O3/c33-20(18-35-26-16-8-15-25-27(26)21-11-4-6-13-23(21)30-25)17-32-28(19-9-2-1-3-10-19)31-24-14-7-5-12-22(24)29(32)34/h1-16,20,30,33H,17-18H2. The van der Waals surface area contributed by atoms with E-state index in [1.807, 2.05) is 91.0 Å². The molecule has 0 aliphatic heterocycles. The highest BCUT2D eigenvalue weighted by Crippen LogP contribution is 2.33. The summed E-state index contributed by atoms with van der Waals surface area (Å²) in [5.41, 5.74) is 3.25. The number of benzene rings is 4. The molecular formula is C29H23N3O3. The molecule has 0 fully saturated rings. The van der Waals surface area contributed by atoms with Crippen molar-refractivity contribution in [1.82, 2.24) is 14.5 Å². The summed E-state index contributed by atoms with van der Waals surface area (Å²) in [6.07, 6.45) is -0.918. The van der Waals surface area contributed by atoms with Crippen LogP contribution in [0.4, 0.5) is 0 Å². The molecule has 0 saturated carbocycles. The third-order valence-corrected chi connectivity index (χ3v) is 6.21. The summed E-state index contributed by atoms with van der Waals surface area (Å²) >= 11 is 0. The van der Waals surface area contributed by atoms with Crippen molar-refractivity contribution < 1.29 is 9.84 Å². The number of nitrogens with one attached hydrogen (secondary N) is 1. The van der Waals surface area contributed by atoms with Crippen LogP contribution in [0, 0.1) is 0 Å². The van der Waals surface area contributed by atoms with E-state index in [1.165, 1.54) is 4.57 Å². The lowest BCUT2D eigenvalue weighted by Crippen LogP contribution is -2.32. The van der Waals surface area contributed by atoms with E-state index in [-0.39, 0.29) is 18.7 Å². The molecule has 1 atom stereocenters. The molecule has 0 saturated heterocycles. The van der Waals surface area contributed by atoms with Crippen LogP contribution < -0.4 is 10.3 Å². The predicted molar refractivity (Wildman–Crippen MR) is 139 cm³/mol. The Morgan fingerprint density at radius 2 is 1.54 bits per heavy atom. The summed E-state index contributed by atoms with van der Waals surface area (Å²) in [6, 6.07) is 30.7. The molecule has 35 heavy (non-hydrogen) atoms. The van der Waals surface area contributed by atoms with Crippen LogP contribution in [0.1, 0.15) is 0 Å². The smallest absolute Gasteiger partial charge is 0.261 e. The van der Waals surface area contributed by atoms with Gasteiger partial charge in [-0.15, -0.1) is 0 Å². The summed E-state index contributed by atoms with van der Waals surface area (Å²) in [7, 11) is 0. The van der Waals surface area contributed by atoms with Gasteiger partial charge in [0.25, 0.3) is 5.56 Å². The van der Waals surface area contributed by atoms with Gasteiger partial charge in [0.2, 0.25) is 0 Å². The van der Waals surface area contributed by atoms with Gasteiger partial charge in [0.05, 0.1) is 23.0 Å². The lowest BCUT2D eigenvalue weighted by molar-refractivity contribution is 0.0927. The van der Waals surface area contributed by atoms with Gasteiger partial charge in [0, 0.05) is 21.9 Å². The molecule has 0 aliphatic carbocycles. The fourth-order valence-electron chi connectivity index (χ4n) is 4.58. The van der Waals surface area contributed by atoms with Crippen molar-refractivity contribution in [2.24, 2.45) is 0 Å². The van der Waals surface area contributed by atoms with E-state index >= 15 is 0 Å². The van der Waals surface area contributed by atoms with Crippen molar-refractivity contribution in [2.45, 2.75) is 12.6 Å². The van der Waals surface area contributed by atoms with E-state index in [2.05, 4.69) is 4.98 Å². The van der Waals surface area contributed by atoms with Crippen molar-refractivity contribution in [3.8, 4) is 17.1 Å². The number of hydrogen-bond acceptors (Lipinski definition) is 4. The van der Waals surface area contributed by atoms with Crippen LogP contribution in [0.5, 0.6) is 5.75 Å². The normalized spacial score (nSPS) is 12.4. The summed E-state index contributed by atoms with van der Waals surface area (Å²) in [5.74, 6) is 1.21. The third kappa shape index (κ3) is 3.84. The molecule has 2 aromatic heterocycles. The zero-order valence-corrected chi connectivity index (χ0v) is 18.9. The first-order valence-corrected chi connectivity index (χ1v) is 11.5. The number of rotatable bonds is 6. The predicted octanol–water partition coefficient (Wildman–Crippen LogP) is 5.14. The van der Waals surface area contributed by atoms with Gasteiger partial charge in [-0.05, 0) is 30.3 Å². The summed E-state index contributed by atoms with van der Waals surface area (Å²) < 4.78 is 7.63. The topological polar surface area (TPSA) is 80.1 Å². The highest BCUT2D eigenvalue weighted by atomic mass is 16.5. The highest BCUT2D eigenvalue weighted by molar-refractivity contribution is 6.10. The van der Waals surface area contributed by atoms with Gasteiger partial charge in [-0.1, -0.05) is 66.7 Å². The average molecular weight is 462 g/mol. The zero-order valence-electron chi connectivity index (χ0n) is 18.9. The maximum atomic E-state index is 13.4. The molecule has 0 aliphatic rings. The molecule has 1 unspecified atom stereocenters. The lowest BCUT2D eigenvalue weighted by atomic mass is 10.1. The minimum Gasteiger partial charge on any atom is -0.490 e. The molecule has 2 N–H and O–H groups in total. The van der Waals surface area contributed by atoms with E-state index in [9.17, 15) is 9.90 Å². The molecule has 0 radical (unpaired) electrons. The molecule has 6 heteroatoms. The number of H-pyrrole nitrogens is 1. The molecular weight excluding hydrogens is 438 g/mol. The van der Waals surface area contributed by atoms with Crippen LogP contribution in [0.2, 0.25) is 0 Å². The summed E-state index contributed by atoms with van der Waals surface area (Å²) in [6.45, 7) is 0.0941. The van der Waals surface area contributed by atoms with Crippen LogP contribution in [0.15, 0.2) is 102 Å². The van der Waals surface area contributed by atoms with E-state index in [1.54, 1.807) is 6.07 Å². The quantitative estimate of drug-likeness (QED) is 0.360. The Morgan fingerprint density at radius 1 is 0.829 bits per heavy atom. The Balaban J connectivity index is 1.33. The summed E-state index contributed by atoms with van der Waals surface area (Å²) in [5, 5.41) is 13.5. The fourth-order valence-corrected chi connectivity index (χ4v) is 4.58. The molecule has 6 nitrogen and oxygen atoms in total. The molecule has 0 spiro atoms. The van der Waals surface area contributed by atoms with Gasteiger partial charge in [-0.2, -0.15) is 0 Å². The van der Waals surface area contributed by atoms with Crippen LogP contribution in [-0.2, 0) is 6.54 Å². The Kier molecular flexibility index (Phi) is 5.28. The largest absolute Gasteiger partial charge is 0.490 e. The molecule has 6 aromatic rings. The lowest BCUT2D eigenvalue weighted by Gasteiger charge is -2.18. The van der Waals surface area contributed by atoms with Crippen molar-refractivity contribution in [2.75, 3.05) is 6.61 Å². The van der Waals surface area contributed by atoms with Gasteiger partial charge in [0.15, 0.2) is 0 Å². The number of aromatic nitrogens is 3. The maximum absolute atomic E-state index is 13.4. The van der Waals surface area contributed by atoms with Gasteiger partial charge >= 0.3 is 0 Å². The Hall–Kier alpha value is -4.42. The Labute approximate surface area is 201 Å². The number of aromatic amines is 1. The maximum Gasteiger partial charge on any atom is 0.261 e. The van der Waals surface area contributed by atoms with E-state index in [0.717, 1.165) is 27.4 Å².